The Labute approximate surface area is 165 Å². The Kier molecular flexibility index (Phi) is 7.94. The van der Waals surface area contributed by atoms with Gasteiger partial charge in [-0.1, -0.05) is 42.0 Å². The molecule has 3 unspecified atom stereocenters. The number of rotatable bonds is 8. The van der Waals surface area contributed by atoms with E-state index in [2.05, 4.69) is 31.8 Å². The molecule has 2 rings (SSSR count). The molecule has 0 aliphatic carbocycles. The summed E-state index contributed by atoms with van der Waals surface area (Å²) in [7, 11) is 0. The summed E-state index contributed by atoms with van der Waals surface area (Å²) in [4.78, 5) is 15.6. The second-order valence-corrected chi connectivity index (χ2v) is 6.61. The first-order valence-electron chi connectivity index (χ1n) is 8.44. The van der Waals surface area contributed by atoms with Gasteiger partial charge in [-0.25, -0.2) is 9.98 Å². The van der Waals surface area contributed by atoms with Crippen LogP contribution in [0.3, 0.4) is 0 Å². The molecular weight excluding hydrogens is 366 g/mol. The third kappa shape index (κ3) is 5.47. The Bertz CT molecular complexity index is 705. The van der Waals surface area contributed by atoms with Gasteiger partial charge in [0.05, 0.1) is 24.5 Å². The monoisotopic (exact) mass is 389 g/mol. The predicted molar refractivity (Wildman–Crippen MR) is 117 cm³/mol. The molecular formula is C19H24ClN5S. The van der Waals surface area contributed by atoms with Crippen molar-refractivity contribution in [3.05, 3.63) is 48.2 Å². The number of nitrogens with zero attached hydrogens (tertiary/aromatic N) is 4. The number of aliphatic imine (C=N–C) groups is 3. The lowest BCUT2D eigenvalue weighted by molar-refractivity contribution is 0.273. The molecule has 2 heterocycles. The van der Waals surface area contributed by atoms with Crippen LogP contribution >= 0.6 is 23.8 Å². The number of amidine groups is 1. The molecule has 0 amide bonds. The fourth-order valence-corrected chi connectivity index (χ4v) is 3.16. The summed E-state index contributed by atoms with van der Waals surface area (Å²) in [6.07, 6.45) is 13.7. The standard InChI is InChI=1S/C19H24ClN5S/c1-4-5-8-16(20)9-6-10-21-15(3)24-17(13-26)18-14(2)23-19-22-11-7-12-25(18)19/h4,6-9,11-13,17-19H,1,5,10H2,2-3H3,(H,21,24). The fraction of sp³-hybridized carbons (Fsp3) is 0.368. The van der Waals surface area contributed by atoms with Crippen molar-refractivity contribution in [2.45, 2.75) is 38.6 Å². The summed E-state index contributed by atoms with van der Waals surface area (Å²) in [6.45, 7) is 8.13. The van der Waals surface area contributed by atoms with E-state index < -0.39 is 0 Å². The molecule has 0 radical (unpaired) electrons. The second-order valence-electron chi connectivity index (χ2n) is 5.90. The molecule has 0 bridgehead atoms. The smallest absolute Gasteiger partial charge is 0.216 e. The molecule has 2 aliphatic rings. The van der Waals surface area contributed by atoms with Crippen LogP contribution in [-0.2, 0) is 0 Å². The topological polar surface area (TPSA) is 52.4 Å². The van der Waals surface area contributed by atoms with Crippen molar-refractivity contribution < 1.29 is 0 Å². The Morgan fingerprint density at radius 2 is 2.38 bits per heavy atom. The summed E-state index contributed by atoms with van der Waals surface area (Å²) in [5.41, 5.74) is 1.00. The first-order chi connectivity index (χ1) is 12.6. The molecule has 5 nitrogen and oxygen atoms in total. The van der Waals surface area contributed by atoms with Crippen LogP contribution in [0, 0.1) is 0 Å². The summed E-state index contributed by atoms with van der Waals surface area (Å²) in [5, 5.41) is 5.79. The van der Waals surface area contributed by atoms with Crippen molar-refractivity contribution in [2.75, 3.05) is 6.54 Å². The van der Waals surface area contributed by atoms with Gasteiger partial charge in [-0.05, 0) is 32.4 Å². The van der Waals surface area contributed by atoms with Gasteiger partial charge in [-0.2, -0.15) is 0 Å². The molecule has 0 aromatic heterocycles. The molecule has 138 valence electrons. The van der Waals surface area contributed by atoms with Crippen LogP contribution in [-0.4, -0.2) is 52.9 Å². The zero-order chi connectivity index (χ0) is 18.9. The maximum absolute atomic E-state index is 6.06. The summed E-state index contributed by atoms with van der Waals surface area (Å²) >= 11 is 11.3. The van der Waals surface area contributed by atoms with E-state index in [9.17, 15) is 0 Å². The molecule has 7 heteroatoms. The van der Waals surface area contributed by atoms with Gasteiger partial charge in [0.1, 0.15) is 0 Å². The van der Waals surface area contributed by atoms with Crippen LogP contribution < -0.4 is 5.32 Å². The molecule has 2 aliphatic heterocycles. The van der Waals surface area contributed by atoms with E-state index in [4.69, 9.17) is 23.8 Å². The minimum Gasteiger partial charge on any atom is -0.365 e. The van der Waals surface area contributed by atoms with E-state index >= 15 is 0 Å². The zero-order valence-corrected chi connectivity index (χ0v) is 16.6. The van der Waals surface area contributed by atoms with E-state index in [-0.39, 0.29) is 18.4 Å². The number of hydrogen-bond donors (Lipinski definition) is 1. The van der Waals surface area contributed by atoms with Crippen LogP contribution in [0.5, 0.6) is 0 Å². The summed E-state index contributed by atoms with van der Waals surface area (Å²) in [5.74, 6) is 0.813. The summed E-state index contributed by atoms with van der Waals surface area (Å²) in [6, 6.07) is -0.0522. The van der Waals surface area contributed by atoms with Crippen molar-refractivity contribution in [2.24, 2.45) is 15.0 Å². The predicted octanol–water partition coefficient (Wildman–Crippen LogP) is 3.64. The number of allylic oxidation sites excluding steroid dienone is 5. The molecule has 0 saturated heterocycles. The minimum absolute atomic E-state index is 0.0307. The van der Waals surface area contributed by atoms with Gasteiger partial charge < -0.3 is 10.2 Å². The van der Waals surface area contributed by atoms with Gasteiger partial charge in [0.2, 0.25) is 6.29 Å². The van der Waals surface area contributed by atoms with Gasteiger partial charge >= 0.3 is 0 Å². The zero-order valence-electron chi connectivity index (χ0n) is 15.0. The number of thiocarbonyl (C=S) groups is 1. The Balaban J connectivity index is 1.95. The highest BCUT2D eigenvalue weighted by Gasteiger charge is 2.37. The highest BCUT2D eigenvalue weighted by Crippen LogP contribution is 2.23. The quantitative estimate of drug-likeness (QED) is 0.227. The largest absolute Gasteiger partial charge is 0.365 e. The van der Waals surface area contributed by atoms with Crippen molar-refractivity contribution in [3.63, 3.8) is 0 Å². The average Bonchev–Trinajstić information content (AvgIpc) is 2.97. The van der Waals surface area contributed by atoms with Crippen LogP contribution in [0.2, 0.25) is 0 Å². The van der Waals surface area contributed by atoms with Crippen molar-refractivity contribution in [3.8, 4) is 0 Å². The average molecular weight is 390 g/mol. The lowest BCUT2D eigenvalue weighted by Gasteiger charge is -2.32. The van der Waals surface area contributed by atoms with Crippen molar-refractivity contribution >= 4 is 46.9 Å². The summed E-state index contributed by atoms with van der Waals surface area (Å²) < 4.78 is 0. The van der Waals surface area contributed by atoms with Crippen molar-refractivity contribution in [1.29, 1.82) is 0 Å². The number of hydrogen-bond acceptors (Lipinski definition) is 5. The number of halogens is 1. The molecule has 0 fully saturated rings. The van der Waals surface area contributed by atoms with Gasteiger partial charge in [-0.3, -0.25) is 4.99 Å². The van der Waals surface area contributed by atoms with E-state index in [1.807, 2.05) is 44.4 Å². The van der Waals surface area contributed by atoms with Gasteiger partial charge in [0.25, 0.3) is 0 Å². The second kappa shape index (κ2) is 10.2. The van der Waals surface area contributed by atoms with Crippen LogP contribution in [0.1, 0.15) is 20.3 Å². The fourth-order valence-electron chi connectivity index (χ4n) is 2.77. The van der Waals surface area contributed by atoms with Crippen LogP contribution in [0.25, 0.3) is 0 Å². The Hall–Kier alpha value is -2.05. The molecule has 0 spiro atoms. The van der Waals surface area contributed by atoms with Gasteiger partial charge in [0, 0.05) is 28.5 Å². The highest BCUT2D eigenvalue weighted by atomic mass is 35.5. The normalized spacial score (nSPS) is 23.8. The first kappa shape index (κ1) is 20.3. The van der Waals surface area contributed by atoms with Gasteiger partial charge in [0.15, 0.2) is 0 Å². The SMILES string of the molecule is C=CCC=C(Cl)C=CCN=C(C)NC(C=S)C1C(C)=NC2N=CC=CN21. The van der Waals surface area contributed by atoms with Crippen LogP contribution in [0.4, 0.5) is 0 Å². The lowest BCUT2D eigenvalue weighted by Crippen LogP contribution is -2.52. The van der Waals surface area contributed by atoms with E-state index in [0.29, 0.717) is 11.6 Å². The maximum Gasteiger partial charge on any atom is 0.216 e. The minimum atomic E-state index is -0.186. The van der Waals surface area contributed by atoms with E-state index in [1.54, 1.807) is 17.7 Å². The van der Waals surface area contributed by atoms with Gasteiger partial charge in [-0.15, -0.1) is 6.58 Å². The van der Waals surface area contributed by atoms with Crippen molar-refractivity contribution in [1.82, 2.24) is 10.2 Å². The van der Waals surface area contributed by atoms with Crippen LogP contribution in [0.15, 0.2) is 63.2 Å². The molecule has 26 heavy (non-hydrogen) atoms. The first-order valence-corrected chi connectivity index (χ1v) is 9.29. The Morgan fingerprint density at radius 3 is 3.12 bits per heavy atom. The lowest BCUT2D eigenvalue weighted by atomic mass is 10.0. The molecule has 3 atom stereocenters. The van der Waals surface area contributed by atoms with E-state index in [0.717, 1.165) is 18.0 Å². The molecule has 0 aromatic rings. The molecule has 0 saturated carbocycles. The maximum atomic E-state index is 6.06. The molecule has 1 N–H and O–H groups in total. The highest BCUT2D eigenvalue weighted by molar-refractivity contribution is 7.79. The Morgan fingerprint density at radius 1 is 1.58 bits per heavy atom. The van der Waals surface area contributed by atoms with E-state index in [1.165, 1.54) is 0 Å². The third-order valence-corrected chi connectivity index (χ3v) is 4.52. The number of nitrogens with one attached hydrogen (secondary N) is 1. The molecule has 0 aromatic carbocycles. The third-order valence-electron chi connectivity index (χ3n) is 3.95. The number of fused-ring (bicyclic) bond motifs is 1.